The summed E-state index contributed by atoms with van der Waals surface area (Å²) in [5.41, 5.74) is 2.22. The van der Waals surface area contributed by atoms with Gasteiger partial charge >= 0.3 is 5.97 Å². The average molecular weight is 203 g/mol. The van der Waals surface area contributed by atoms with Gasteiger partial charge in [-0.3, -0.25) is 4.79 Å². The first-order chi connectivity index (χ1) is 6.40. The van der Waals surface area contributed by atoms with Crippen molar-refractivity contribution in [3.05, 3.63) is 0 Å². The second-order valence-electron chi connectivity index (χ2n) is 4.40. The molecule has 0 bridgehead atoms. The molecule has 1 N–H and O–H groups in total. The van der Waals surface area contributed by atoms with Gasteiger partial charge < -0.3 is 9.57 Å². The van der Waals surface area contributed by atoms with Gasteiger partial charge in [0.05, 0.1) is 19.1 Å². The number of carbonyl (C=O) groups excluding carboxylic acids is 1. The van der Waals surface area contributed by atoms with E-state index in [1.807, 2.05) is 13.8 Å². The molecule has 0 atom stereocenters. The summed E-state index contributed by atoms with van der Waals surface area (Å²) in [7, 11) is 1.39. The standard InChI is InChI=1S/C10H21NO3/c1-8(2)6-14-11-7-10(3,4)9(12)13-5/h8,11H,6-7H2,1-5H3. The Hall–Kier alpha value is -0.610. The Morgan fingerprint density at radius 3 is 2.43 bits per heavy atom. The van der Waals surface area contributed by atoms with Crippen molar-refractivity contribution in [1.82, 2.24) is 5.48 Å². The highest BCUT2D eigenvalue weighted by atomic mass is 16.6. The molecule has 0 amide bonds. The first-order valence-corrected chi connectivity index (χ1v) is 4.83. The van der Waals surface area contributed by atoms with Crippen molar-refractivity contribution < 1.29 is 14.4 Å². The molecule has 0 heterocycles. The predicted molar refractivity (Wildman–Crippen MR) is 54.6 cm³/mol. The molecule has 0 aromatic carbocycles. The lowest BCUT2D eigenvalue weighted by Gasteiger charge is -2.21. The number of hydrogen-bond acceptors (Lipinski definition) is 4. The van der Waals surface area contributed by atoms with Crippen molar-refractivity contribution >= 4 is 5.97 Å². The van der Waals surface area contributed by atoms with Gasteiger partial charge in [-0.05, 0) is 19.8 Å². The van der Waals surface area contributed by atoms with Crippen LogP contribution in [0.5, 0.6) is 0 Å². The van der Waals surface area contributed by atoms with E-state index in [0.717, 1.165) is 0 Å². The van der Waals surface area contributed by atoms with Crippen molar-refractivity contribution in [2.24, 2.45) is 11.3 Å². The Labute approximate surface area is 85.9 Å². The molecule has 0 unspecified atom stereocenters. The number of nitrogens with one attached hydrogen (secondary N) is 1. The molecule has 0 aliphatic carbocycles. The second-order valence-corrected chi connectivity index (χ2v) is 4.40. The molecule has 0 saturated heterocycles. The Balaban J connectivity index is 3.71. The Morgan fingerprint density at radius 2 is 2.00 bits per heavy atom. The van der Waals surface area contributed by atoms with Crippen molar-refractivity contribution in [2.45, 2.75) is 27.7 Å². The number of rotatable bonds is 6. The maximum absolute atomic E-state index is 11.2. The molecule has 0 fully saturated rings. The fraction of sp³-hybridized carbons (Fsp3) is 0.900. The van der Waals surface area contributed by atoms with E-state index in [1.54, 1.807) is 0 Å². The van der Waals surface area contributed by atoms with E-state index in [9.17, 15) is 4.79 Å². The van der Waals surface area contributed by atoms with E-state index >= 15 is 0 Å². The minimum Gasteiger partial charge on any atom is -0.469 e. The number of carbonyl (C=O) groups is 1. The summed E-state index contributed by atoms with van der Waals surface area (Å²) in [4.78, 5) is 16.4. The van der Waals surface area contributed by atoms with E-state index < -0.39 is 5.41 Å². The third kappa shape index (κ3) is 5.19. The number of methoxy groups -OCH3 is 1. The molecular weight excluding hydrogens is 182 g/mol. The highest BCUT2D eigenvalue weighted by Crippen LogP contribution is 2.15. The van der Waals surface area contributed by atoms with Gasteiger partial charge in [-0.2, -0.15) is 0 Å². The predicted octanol–water partition coefficient (Wildman–Crippen LogP) is 1.36. The second kappa shape index (κ2) is 5.98. The third-order valence-corrected chi connectivity index (χ3v) is 1.77. The summed E-state index contributed by atoms with van der Waals surface area (Å²) in [5.74, 6) is 0.238. The lowest BCUT2D eigenvalue weighted by atomic mass is 9.94. The molecule has 0 radical (unpaired) electrons. The maximum atomic E-state index is 11.2. The molecule has 0 aliphatic heterocycles. The van der Waals surface area contributed by atoms with Gasteiger partial charge in [-0.15, -0.1) is 0 Å². The molecule has 0 rings (SSSR count). The molecular formula is C10H21NO3. The van der Waals surface area contributed by atoms with Gasteiger partial charge in [0.15, 0.2) is 0 Å². The van der Waals surface area contributed by atoms with Crippen LogP contribution in [0.15, 0.2) is 0 Å². The van der Waals surface area contributed by atoms with Crippen LogP contribution in [0.3, 0.4) is 0 Å². The number of esters is 1. The molecule has 14 heavy (non-hydrogen) atoms. The van der Waals surface area contributed by atoms with Crippen LogP contribution in [0, 0.1) is 11.3 Å². The minimum atomic E-state index is -0.550. The van der Waals surface area contributed by atoms with Crippen LogP contribution in [-0.4, -0.2) is 26.2 Å². The first-order valence-electron chi connectivity index (χ1n) is 4.83. The molecule has 0 aliphatic rings. The van der Waals surface area contributed by atoms with E-state index in [2.05, 4.69) is 24.1 Å². The van der Waals surface area contributed by atoms with Gasteiger partial charge in [0.1, 0.15) is 0 Å². The minimum absolute atomic E-state index is 0.238. The molecule has 4 nitrogen and oxygen atoms in total. The zero-order valence-corrected chi connectivity index (χ0v) is 9.72. The normalized spacial score (nSPS) is 11.9. The summed E-state index contributed by atoms with van der Waals surface area (Å²) >= 11 is 0. The molecule has 4 heteroatoms. The van der Waals surface area contributed by atoms with Crippen LogP contribution in [0.25, 0.3) is 0 Å². The molecule has 0 aromatic rings. The van der Waals surface area contributed by atoms with Gasteiger partial charge in [0, 0.05) is 6.54 Å². The van der Waals surface area contributed by atoms with E-state index in [1.165, 1.54) is 7.11 Å². The summed E-state index contributed by atoms with van der Waals surface area (Å²) < 4.78 is 4.66. The van der Waals surface area contributed by atoms with Gasteiger partial charge in [0.25, 0.3) is 0 Å². The summed E-state index contributed by atoms with van der Waals surface area (Å²) in [6.45, 7) is 8.83. The fourth-order valence-electron chi connectivity index (χ4n) is 0.806. The van der Waals surface area contributed by atoms with Crippen molar-refractivity contribution in [3.63, 3.8) is 0 Å². The Morgan fingerprint density at radius 1 is 1.43 bits per heavy atom. The number of hydrogen-bond donors (Lipinski definition) is 1. The van der Waals surface area contributed by atoms with E-state index in [-0.39, 0.29) is 5.97 Å². The zero-order valence-electron chi connectivity index (χ0n) is 9.72. The van der Waals surface area contributed by atoms with Crippen LogP contribution >= 0.6 is 0 Å². The molecule has 0 spiro atoms. The van der Waals surface area contributed by atoms with E-state index in [0.29, 0.717) is 19.1 Å². The van der Waals surface area contributed by atoms with Gasteiger partial charge in [-0.25, -0.2) is 5.48 Å². The number of hydroxylamine groups is 1. The Bertz CT molecular complexity index is 178. The highest BCUT2D eigenvalue weighted by Gasteiger charge is 2.28. The van der Waals surface area contributed by atoms with Crippen LogP contribution in [-0.2, 0) is 14.4 Å². The monoisotopic (exact) mass is 203 g/mol. The lowest BCUT2D eigenvalue weighted by Crippen LogP contribution is -2.37. The van der Waals surface area contributed by atoms with Crippen LogP contribution in [0.1, 0.15) is 27.7 Å². The third-order valence-electron chi connectivity index (χ3n) is 1.77. The SMILES string of the molecule is COC(=O)C(C)(C)CNOCC(C)C. The maximum Gasteiger partial charge on any atom is 0.312 e. The van der Waals surface area contributed by atoms with Gasteiger partial charge in [0.2, 0.25) is 0 Å². The van der Waals surface area contributed by atoms with Crippen molar-refractivity contribution in [1.29, 1.82) is 0 Å². The fourth-order valence-corrected chi connectivity index (χ4v) is 0.806. The zero-order chi connectivity index (χ0) is 11.2. The van der Waals surface area contributed by atoms with Crippen LogP contribution in [0.4, 0.5) is 0 Å². The summed E-state index contributed by atoms with van der Waals surface area (Å²) in [6.07, 6.45) is 0. The Kier molecular flexibility index (Phi) is 5.72. The summed E-state index contributed by atoms with van der Waals surface area (Å²) in [6, 6.07) is 0. The van der Waals surface area contributed by atoms with E-state index in [4.69, 9.17) is 4.84 Å². The summed E-state index contributed by atoms with van der Waals surface area (Å²) in [5, 5.41) is 0. The average Bonchev–Trinajstić information content (AvgIpc) is 2.10. The molecule has 0 aromatic heterocycles. The van der Waals surface area contributed by atoms with Crippen LogP contribution in [0.2, 0.25) is 0 Å². The highest BCUT2D eigenvalue weighted by molar-refractivity contribution is 5.75. The van der Waals surface area contributed by atoms with Crippen molar-refractivity contribution in [2.75, 3.05) is 20.3 Å². The van der Waals surface area contributed by atoms with Gasteiger partial charge in [-0.1, -0.05) is 13.8 Å². The smallest absolute Gasteiger partial charge is 0.312 e. The largest absolute Gasteiger partial charge is 0.469 e. The molecule has 0 saturated carbocycles. The quantitative estimate of drug-likeness (QED) is 0.402. The molecule has 84 valence electrons. The van der Waals surface area contributed by atoms with Crippen LogP contribution < -0.4 is 5.48 Å². The number of ether oxygens (including phenoxy) is 1. The van der Waals surface area contributed by atoms with Crippen molar-refractivity contribution in [3.8, 4) is 0 Å². The first kappa shape index (κ1) is 13.4. The lowest BCUT2D eigenvalue weighted by molar-refractivity contribution is -0.152. The topological polar surface area (TPSA) is 47.6 Å².